The lowest BCUT2D eigenvalue weighted by Gasteiger charge is -2.03. The Morgan fingerprint density at radius 1 is 1.43 bits per heavy atom. The van der Waals surface area contributed by atoms with E-state index in [4.69, 9.17) is 0 Å². The number of carbonyl (C=O) groups is 1. The van der Waals surface area contributed by atoms with Gasteiger partial charge in [0.15, 0.2) is 5.78 Å². The third kappa shape index (κ3) is 2.54. The maximum absolute atomic E-state index is 13.2. The Morgan fingerprint density at radius 3 is 2.36 bits per heavy atom. The molecule has 0 aliphatic heterocycles. The van der Waals surface area contributed by atoms with Crippen LogP contribution in [0.2, 0.25) is 0 Å². The summed E-state index contributed by atoms with van der Waals surface area (Å²) in [5, 5.41) is 0. The minimum Gasteiger partial charge on any atom is -0.293 e. The lowest BCUT2D eigenvalue weighted by Crippen LogP contribution is -2.08. The highest BCUT2D eigenvalue weighted by Gasteiger charge is 2.17. The van der Waals surface area contributed by atoms with Gasteiger partial charge in [-0.1, -0.05) is 15.9 Å². The fourth-order valence-electron chi connectivity index (χ4n) is 1.01. The van der Waals surface area contributed by atoms with E-state index in [9.17, 15) is 13.6 Å². The summed E-state index contributed by atoms with van der Waals surface area (Å²) in [5.74, 6) is -2.10. The molecule has 1 aromatic rings. The molecule has 0 fully saturated rings. The standard InChI is InChI=1S/C9H7BrF2OS/c1-14-4-8(13)9-6(11)2-5(10)3-7(9)12/h2-3H,4H2,1H3. The van der Waals surface area contributed by atoms with Crippen molar-refractivity contribution in [3.63, 3.8) is 0 Å². The van der Waals surface area contributed by atoms with E-state index in [-0.39, 0.29) is 10.2 Å². The molecule has 0 spiro atoms. The van der Waals surface area contributed by atoms with E-state index in [1.807, 2.05) is 0 Å². The van der Waals surface area contributed by atoms with Crippen molar-refractivity contribution in [3.8, 4) is 0 Å². The summed E-state index contributed by atoms with van der Waals surface area (Å²) >= 11 is 4.17. The van der Waals surface area contributed by atoms with Gasteiger partial charge in [-0.15, -0.1) is 0 Å². The topological polar surface area (TPSA) is 17.1 Å². The number of benzene rings is 1. The van der Waals surface area contributed by atoms with Crippen LogP contribution in [0.5, 0.6) is 0 Å². The van der Waals surface area contributed by atoms with Gasteiger partial charge in [-0.25, -0.2) is 8.78 Å². The molecule has 0 heterocycles. The largest absolute Gasteiger partial charge is 0.293 e. The van der Waals surface area contributed by atoms with Crippen LogP contribution in [0.15, 0.2) is 16.6 Å². The van der Waals surface area contributed by atoms with Crippen LogP contribution in [0.1, 0.15) is 10.4 Å². The number of carbonyl (C=O) groups excluding carboxylic acids is 1. The van der Waals surface area contributed by atoms with Gasteiger partial charge >= 0.3 is 0 Å². The summed E-state index contributed by atoms with van der Waals surface area (Å²) in [6.07, 6.45) is 1.70. The summed E-state index contributed by atoms with van der Waals surface area (Å²) in [4.78, 5) is 11.3. The number of rotatable bonds is 3. The summed E-state index contributed by atoms with van der Waals surface area (Å²) in [5.41, 5.74) is -0.456. The first-order chi connectivity index (χ1) is 6.56. The van der Waals surface area contributed by atoms with Crippen LogP contribution in [0.4, 0.5) is 8.78 Å². The van der Waals surface area contributed by atoms with Gasteiger partial charge in [0, 0.05) is 4.47 Å². The van der Waals surface area contributed by atoms with Gasteiger partial charge in [0.05, 0.1) is 11.3 Å². The van der Waals surface area contributed by atoms with E-state index in [1.165, 1.54) is 11.8 Å². The van der Waals surface area contributed by atoms with Gasteiger partial charge in [-0.05, 0) is 18.4 Å². The van der Waals surface area contributed by atoms with Crippen molar-refractivity contribution in [2.75, 3.05) is 12.0 Å². The highest BCUT2D eigenvalue weighted by atomic mass is 79.9. The van der Waals surface area contributed by atoms with Crippen molar-refractivity contribution in [1.82, 2.24) is 0 Å². The molecule has 1 nitrogen and oxygen atoms in total. The second-order valence-corrected chi connectivity index (χ2v) is 4.38. The SMILES string of the molecule is CSCC(=O)c1c(F)cc(Br)cc1F. The van der Waals surface area contributed by atoms with Gasteiger partial charge in [0.2, 0.25) is 0 Å². The minimum absolute atomic E-state index is 0.0788. The number of thioether (sulfide) groups is 1. The minimum atomic E-state index is -0.823. The number of Topliss-reactive ketones (excluding diaryl/α,β-unsaturated/α-hetero) is 1. The highest BCUT2D eigenvalue weighted by Crippen LogP contribution is 2.20. The van der Waals surface area contributed by atoms with E-state index < -0.39 is 23.0 Å². The monoisotopic (exact) mass is 280 g/mol. The molecule has 5 heteroatoms. The van der Waals surface area contributed by atoms with Crippen LogP contribution in [0.25, 0.3) is 0 Å². The molecule has 0 amide bonds. The summed E-state index contributed by atoms with van der Waals surface area (Å²) in [6, 6.07) is 2.16. The lowest BCUT2D eigenvalue weighted by molar-refractivity contribution is 0.101. The van der Waals surface area contributed by atoms with Crippen LogP contribution < -0.4 is 0 Å². The lowest BCUT2D eigenvalue weighted by atomic mass is 10.1. The molecule has 0 unspecified atom stereocenters. The maximum Gasteiger partial charge on any atom is 0.178 e. The van der Waals surface area contributed by atoms with Gasteiger partial charge in [-0.3, -0.25) is 4.79 Å². The summed E-state index contributed by atoms with van der Waals surface area (Å²) < 4.78 is 26.7. The van der Waals surface area contributed by atoms with Crippen molar-refractivity contribution >= 4 is 33.5 Å². The third-order valence-electron chi connectivity index (χ3n) is 1.56. The first kappa shape index (κ1) is 11.7. The second kappa shape index (κ2) is 4.89. The molecule has 0 saturated carbocycles. The number of ketones is 1. The Bertz CT molecular complexity index is 345. The second-order valence-electron chi connectivity index (χ2n) is 2.60. The van der Waals surface area contributed by atoms with E-state index in [0.29, 0.717) is 0 Å². The van der Waals surface area contributed by atoms with Gasteiger partial charge in [0.1, 0.15) is 11.6 Å². The Balaban J connectivity index is 3.14. The number of halogens is 3. The van der Waals surface area contributed by atoms with Crippen molar-refractivity contribution in [1.29, 1.82) is 0 Å². The predicted octanol–water partition coefficient (Wildman–Crippen LogP) is 3.27. The smallest absolute Gasteiger partial charge is 0.178 e. The Labute approximate surface area is 93.0 Å². The average Bonchev–Trinajstić information content (AvgIpc) is 2.01. The van der Waals surface area contributed by atoms with Crippen LogP contribution in [-0.2, 0) is 0 Å². The Morgan fingerprint density at radius 2 is 1.93 bits per heavy atom. The zero-order valence-electron chi connectivity index (χ0n) is 7.31. The summed E-state index contributed by atoms with van der Waals surface area (Å²) in [6.45, 7) is 0. The zero-order chi connectivity index (χ0) is 10.7. The molecule has 0 aliphatic carbocycles. The van der Waals surface area contributed by atoms with Crippen LogP contribution in [0.3, 0.4) is 0 Å². The van der Waals surface area contributed by atoms with Crippen molar-refractivity contribution in [3.05, 3.63) is 33.8 Å². The first-order valence-corrected chi connectivity index (χ1v) is 5.91. The molecule has 0 aromatic heterocycles. The molecule has 76 valence electrons. The maximum atomic E-state index is 13.2. The van der Waals surface area contributed by atoms with Crippen molar-refractivity contribution < 1.29 is 13.6 Å². The molecule has 1 rings (SSSR count). The Kier molecular flexibility index (Phi) is 4.07. The fourth-order valence-corrected chi connectivity index (χ4v) is 1.82. The normalized spacial score (nSPS) is 10.3. The molecule has 0 radical (unpaired) electrons. The van der Waals surface area contributed by atoms with Crippen molar-refractivity contribution in [2.24, 2.45) is 0 Å². The average molecular weight is 281 g/mol. The Hall–Kier alpha value is -0.420. The first-order valence-electron chi connectivity index (χ1n) is 3.73. The molecule has 0 saturated heterocycles. The van der Waals surface area contributed by atoms with Crippen LogP contribution in [-0.4, -0.2) is 17.8 Å². The van der Waals surface area contributed by atoms with E-state index in [1.54, 1.807) is 6.26 Å². The van der Waals surface area contributed by atoms with E-state index in [0.717, 1.165) is 12.1 Å². The third-order valence-corrected chi connectivity index (χ3v) is 2.57. The van der Waals surface area contributed by atoms with Crippen molar-refractivity contribution in [2.45, 2.75) is 0 Å². The highest BCUT2D eigenvalue weighted by molar-refractivity contribution is 9.10. The molecule has 0 N–H and O–H groups in total. The predicted molar refractivity (Wildman–Crippen MR) is 56.8 cm³/mol. The molecule has 14 heavy (non-hydrogen) atoms. The zero-order valence-corrected chi connectivity index (χ0v) is 9.71. The molecule has 0 aliphatic rings. The number of hydrogen-bond donors (Lipinski definition) is 0. The van der Waals surface area contributed by atoms with Crippen LogP contribution in [0, 0.1) is 11.6 Å². The van der Waals surface area contributed by atoms with Gasteiger partial charge < -0.3 is 0 Å². The van der Waals surface area contributed by atoms with E-state index in [2.05, 4.69) is 15.9 Å². The fraction of sp³-hybridized carbons (Fsp3) is 0.222. The van der Waals surface area contributed by atoms with Gasteiger partial charge in [0.25, 0.3) is 0 Å². The molecular formula is C9H7BrF2OS. The summed E-state index contributed by atoms with van der Waals surface area (Å²) in [7, 11) is 0. The van der Waals surface area contributed by atoms with E-state index >= 15 is 0 Å². The molecule has 0 bridgehead atoms. The number of hydrogen-bond acceptors (Lipinski definition) is 2. The quantitative estimate of drug-likeness (QED) is 0.791. The van der Waals surface area contributed by atoms with Gasteiger partial charge in [-0.2, -0.15) is 11.8 Å². The molecule has 1 aromatic carbocycles. The molecule has 0 atom stereocenters. The van der Waals surface area contributed by atoms with Crippen LogP contribution >= 0.6 is 27.7 Å². The molecular weight excluding hydrogens is 274 g/mol.